The molecule has 0 amide bonds. The second-order valence-electron chi connectivity index (χ2n) is 6.63. The van der Waals surface area contributed by atoms with Crippen molar-refractivity contribution < 1.29 is 8.78 Å². The number of hydrogen-bond donors (Lipinski definition) is 1. The van der Waals surface area contributed by atoms with Crippen LogP contribution in [0.1, 0.15) is 45.6 Å². The van der Waals surface area contributed by atoms with Crippen LogP contribution in [-0.4, -0.2) is 6.04 Å². The van der Waals surface area contributed by atoms with Gasteiger partial charge in [-0.2, -0.15) is 0 Å². The number of anilines is 1. The SMILES string of the molecule is Cc1ccc(F)c(NC2CC(C)CCC2C(C)C)c1F. The van der Waals surface area contributed by atoms with E-state index in [2.05, 4.69) is 26.1 Å². The lowest BCUT2D eigenvalue weighted by Gasteiger charge is -2.38. The molecule has 0 spiro atoms. The van der Waals surface area contributed by atoms with Gasteiger partial charge in [-0.05, 0) is 49.1 Å². The highest BCUT2D eigenvalue weighted by molar-refractivity contribution is 5.49. The molecule has 3 unspecified atom stereocenters. The monoisotopic (exact) mass is 281 g/mol. The van der Waals surface area contributed by atoms with Gasteiger partial charge < -0.3 is 5.32 Å². The largest absolute Gasteiger partial charge is 0.377 e. The van der Waals surface area contributed by atoms with Crippen molar-refractivity contribution in [3.05, 3.63) is 29.3 Å². The molecule has 0 heterocycles. The first-order valence-corrected chi connectivity index (χ1v) is 7.61. The molecule has 3 heteroatoms. The lowest BCUT2D eigenvalue weighted by molar-refractivity contribution is 0.211. The van der Waals surface area contributed by atoms with E-state index in [1.165, 1.54) is 18.6 Å². The van der Waals surface area contributed by atoms with Crippen LogP contribution in [0.3, 0.4) is 0 Å². The highest BCUT2D eigenvalue weighted by Crippen LogP contribution is 2.36. The maximum Gasteiger partial charge on any atom is 0.152 e. The van der Waals surface area contributed by atoms with E-state index in [-0.39, 0.29) is 11.7 Å². The summed E-state index contributed by atoms with van der Waals surface area (Å²) in [6.07, 6.45) is 3.32. The molecule has 20 heavy (non-hydrogen) atoms. The number of benzene rings is 1. The van der Waals surface area contributed by atoms with E-state index in [0.29, 0.717) is 23.3 Å². The molecule has 0 aromatic heterocycles. The fraction of sp³-hybridized carbons (Fsp3) is 0.647. The van der Waals surface area contributed by atoms with Crippen molar-refractivity contribution in [2.45, 2.75) is 53.0 Å². The van der Waals surface area contributed by atoms with E-state index in [9.17, 15) is 8.78 Å². The van der Waals surface area contributed by atoms with Crippen molar-refractivity contribution >= 4 is 5.69 Å². The fourth-order valence-electron chi connectivity index (χ4n) is 3.34. The van der Waals surface area contributed by atoms with Crippen molar-refractivity contribution in [3.8, 4) is 0 Å². The van der Waals surface area contributed by atoms with Crippen LogP contribution in [0.15, 0.2) is 12.1 Å². The zero-order valence-corrected chi connectivity index (χ0v) is 12.8. The lowest BCUT2D eigenvalue weighted by atomic mass is 9.74. The summed E-state index contributed by atoms with van der Waals surface area (Å²) in [5.41, 5.74) is 0.536. The van der Waals surface area contributed by atoms with Gasteiger partial charge in [0, 0.05) is 6.04 Å². The Morgan fingerprint density at radius 3 is 2.55 bits per heavy atom. The van der Waals surface area contributed by atoms with E-state index in [1.54, 1.807) is 6.92 Å². The third-order valence-corrected chi connectivity index (χ3v) is 4.64. The summed E-state index contributed by atoms with van der Waals surface area (Å²) in [6.45, 7) is 8.27. The fourth-order valence-corrected chi connectivity index (χ4v) is 3.34. The molecular formula is C17H25F2N. The van der Waals surface area contributed by atoms with Crippen molar-refractivity contribution in [2.75, 3.05) is 5.32 Å². The van der Waals surface area contributed by atoms with Gasteiger partial charge in [0.15, 0.2) is 5.82 Å². The molecule has 1 N–H and O–H groups in total. The predicted molar refractivity (Wildman–Crippen MR) is 79.8 cm³/mol. The molecule has 0 saturated heterocycles. The van der Waals surface area contributed by atoms with Crippen LogP contribution in [-0.2, 0) is 0 Å². The molecule has 2 rings (SSSR count). The highest BCUT2D eigenvalue weighted by Gasteiger charge is 2.31. The Bertz CT molecular complexity index is 470. The van der Waals surface area contributed by atoms with E-state index < -0.39 is 11.6 Å². The molecule has 0 radical (unpaired) electrons. The third-order valence-electron chi connectivity index (χ3n) is 4.64. The molecule has 1 aromatic rings. The molecule has 1 nitrogen and oxygen atoms in total. The van der Waals surface area contributed by atoms with Crippen LogP contribution in [0.25, 0.3) is 0 Å². The summed E-state index contributed by atoms with van der Waals surface area (Å²) >= 11 is 0. The summed E-state index contributed by atoms with van der Waals surface area (Å²) in [6, 6.07) is 2.99. The molecule has 1 saturated carbocycles. The molecule has 1 aliphatic carbocycles. The van der Waals surface area contributed by atoms with E-state index in [4.69, 9.17) is 0 Å². The molecule has 0 bridgehead atoms. The summed E-state index contributed by atoms with van der Waals surface area (Å²) in [7, 11) is 0. The number of aryl methyl sites for hydroxylation is 1. The zero-order valence-electron chi connectivity index (χ0n) is 12.8. The minimum absolute atomic E-state index is 0.0507. The Morgan fingerprint density at radius 2 is 1.90 bits per heavy atom. The molecule has 0 aliphatic heterocycles. The van der Waals surface area contributed by atoms with E-state index in [0.717, 1.165) is 12.8 Å². The quantitative estimate of drug-likeness (QED) is 0.808. The second-order valence-corrected chi connectivity index (χ2v) is 6.63. The Hall–Kier alpha value is -1.12. The minimum Gasteiger partial charge on any atom is -0.377 e. The van der Waals surface area contributed by atoms with Crippen LogP contribution >= 0.6 is 0 Å². The van der Waals surface area contributed by atoms with Gasteiger partial charge in [-0.15, -0.1) is 0 Å². The number of nitrogens with one attached hydrogen (secondary N) is 1. The summed E-state index contributed by atoms with van der Waals surface area (Å²) in [4.78, 5) is 0. The molecule has 1 aromatic carbocycles. The standard InChI is InChI=1S/C17H25F2N/c1-10(2)13-7-5-11(3)9-15(13)20-17-14(18)8-6-12(4)16(17)19/h6,8,10-11,13,15,20H,5,7,9H2,1-4H3. The zero-order chi connectivity index (χ0) is 14.9. The summed E-state index contributed by atoms with van der Waals surface area (Å²) in [5.74, 6) is 0.666. The van der Waals surface area contributed by atoms with Crippen LogP contribution in [0, 0.1) is 36.3 Å². The van der Waals surface area contributed by atoms with Gasteiger partial charge in [0.25, 0.3) is 0 Å². The molecule has 3 atom stereocenters. The van der Waals surface area contributed by atoms with E-state index >= 15 is 0 Å². The predicted octanol–water partition coefficient (Wildman–Crippen LogP) is 5.15. The smallest absolute Gasteiger partial charge is 0.152 e. The van der Waals surface area contributed by atoms with Gasteiger partial charge in [-0.1, -0.05) is 33.3 Å². The van der Waals surface area contributed by atoms with Gasteiger partial charge in [0.2, 0.25) is 0 Å². The van der Waals surface area contributed by atoms with Crippen LogP contribution in [0.5, 0.6) is 0 Å². The third kappa shape index (κ3) is 3.13. The van der Waals surface area contributed by atoms with Gasteiger partial charge in [-0.25, -0.2) is 8.78 Å². The average Bonchev–Trinajstić information content (AvgIpc) is 2.39. The highest BCUT2D eigenvalue weighted by atomic mass is 19.1. The summed E-state index contributed by atoms with van der Waals surface area (Å²) < 4.78 is 28.0. The van der Waals surface area contributed by atoms with Crippen molar-refractivity contribution in [3.63, 3.8) is 0 Å². The number of rotatable bonds is 3. The van der Waals surface area contributed by atoms with Gasteiger partial charge in [0.1, 0.15) is 11.5 Å². The average molecular weight is 281 g/mol. The first-order chi connectivity index (χ1) is 9.40. The number of halogens is 2. The van der Waals surface area contributed by atoms with Gasteiger partial charge >= 0.3 is 0 Å². The minimum atomic E-state index is -0.492. The topological polar surface area (TPSA) is 12.0 Å². The normalized spacial score (nSPS) is 26.9. The first-order valence-electron chi connectivity index (χ1n) is 7.61. The maximum absolute atomic E-state index is 14.1. The van der Waals surface area contributed by atoms with Crippen LogP contribution in [0.2, 0.25) is 0 Å². The lowest BCUT2D eigenvalue weighted by Crippen LogP contribution is -2.38. The van der Waals surface area contributed by atoms with E-state index in [1.807, 2.05) is 0 Å². The van der Waals surface area contributed by atoms with Crippen LogP contribution in [0.4, 0.5) is 14.5 Å². The molecule has 112 valence electrons. The van der Waals surface area contributed by atoms with Crippen molar-refractivity contribution in [2.24, 2.45) is 17.8 Å². The number of hydrogen-bond acceptors (Lipinski definition) is 1. The second kappa shape index (κ2) is 6.11. The Morgan fingerprint density at radius 1 is 1.20 bits per heavy atom. The Balaban J connectivity index is 2.24. The van der Waals surface area contributed by atoms with Gasteiger partial charge in [-0.3, -0.25) is 0 Å². The molecule has 1 fully saturated rings. The first kappa shape index (κ1) is 15.3. The molecule has 1 aliphatic rings. The maximum atomic E-state index is 14.1. The van der Waals surface area contributed by atoms with Crippen LogP contribution < -0.4 is 5.32 Å². The Kier molecular flexibility index (Phi) is 4.66. The Labute approximate surface area is 120 Å². The van der Waals surface area contributed by atoms with Gasteiger partial charge in [0.05, 0.1) is 0 Å². The van der Waals surface area contributed by atoms with Crippen molar-refractivity contribution in [1.29, 1.82) is 0 Å². The molecular weight excluding hydrogens is 256 g/mol. The van der Waals surface area contributed by atoms with Crippen molar-refractivity contribution in [1.82, 2.24) is 0 Å². The summed E-state index contributed by atoms with van der Waals surface area (Å²) in [5, 5.41) is 3.17.